The standard InChI is InChI=1S/C18H20F2N2O5S/c1-2-15(23)26-6-12-5-22(17(24)27-12)11-3-13(19)16(14(20)4-11)21-7-18(8-21)9-28(25)10-18/h3-4,12H,2,5-10H2,1H3/t12-/m1/s1. The van der Waals surface area contributed by atoms with Gasteiger partial charge in [0.25, 0.3) is 0 Å². The lowest BCUT2D eigenvalue weighted by Gasteiger charge is -2.55. The lowest BCUT2D eigenvalue weighted by atomic mass is 9.82. The van der Waals surface area contributed by atoms with Crippen LogP contribution in [0, 0.1) is 17.0 Å². The van der Waals surface area contributed by atoms with Gasteiger partial charge in [0.2, 0.25) is 0 Å². The van der Waals surface area contributed by atoms with Gasteiger partial charge in [0.15, 0.2) is 17.7 Å². The number of rotatable bonds is 5. The first-order chi connectivity index (χ1) is 13.3. The molecule has 4 rings (SSSR count). The first-order valence-corrected chi connectivity index (χ1v) is 10.5. The number of halogens is 2. The molecule has 1 aromatic rings. The van der Waals surface area contributed by atoms with Crippen LogP contribution in [-0.4, -0.2) is 60.1 Å². The second-order valence-corrected chi connectivity index (χ2v) is 8.95. The largest absolute Gasteiger partial charge is 0.462 e. The van der Waals surface area contributed by atoms with Gasteiger partial charge in [-0.05, 0) is 0 Å². The van der Waals surface area contributed by atoms with Gasteiger partial charge in [-0.2, -0.15) is 0 Å². The van der Waals surface area contributed by atoms with Crippen LogP contribution in [0.25, 0.3) is 0 Å². The van der Waals surface area contributed by atoms with E-state index in [1.165, 1.54) is 0 Å². The van der Waals surface area contributed by atoms with Crippen molar-refractivity contribution in [3.63, 3.8) is 0 Å². The molecule has 0 unspecified atom stereocenters. The van der Waals surface area contributed by atoms with Gasteiger partial charge in [-0.1, -0.05) is 6.92 Å². The highest BCUT2D eigenvalue weighted by Gasteiger charge is 2.52. The van der Waals surface area contributed by atoms with E-state index in [4.69, 9.17) is 9.47 Å². The highest BCUT2D eigenvalue weighted by molar-refractivity contribution is 7.86. The Balaban J connectivity index is 1.44. The van der Waals surface area contributed by atoms with Crippen LogP contribution in [-0.2, 0) is 25.1 Å². The van der Waals surface area contributed by atoms with Crippen LogP contribution < -0.4 is 9.80 Å². The number of amides is 1. The first-order valence-electron chi connectivity index (χ1n) is 9.03. The number of hydrogen-bond acceptors (Lipinski definition) is 6. The number of hydrogen-bond donors (Lipinski definition) is 0. The third kappa shape index (κ3) is 3.34. The van der Waals surface area contributed by atoms with Crippen LogP contribution in [0.3, 0.4) is 0 Å². The maximum Gasteiger partial charge on any atom is 0.414 e. The number of esters is 1. The number of ether oxygens (including phenoxy) is 2. The normalized spacial score (nSPS) is 23.4. The number of nitrogens with zero attached hydrogens (tertiary/aromatic N) is 2. The van der Waals surface area contributed by atoms with Crippen molar-refractivity contribution in [3.05, 3.63) is 23.8 Å². The van der Waals surface area contributed by atoms with Crippen molar-refractivity contribution in [2.75, 3.05) is 47.5 Å². The maximum atomic E-state index is 14.6. The summed E-state index contributed by atoms with van der Waals surface area (Å²) in [6.45, 7) is 2.53. The van der Waals surface area contributed by atoms with Crippen molar-refractivity contribution in [2.45, 2.75) is 19.4 Å². The van der Waals surface area contributed by atoms with E-state index in [2.05, 4.69) is 0 Å². The zero-order valence-electron chi connectivity index (χ0n) is 15.3. The summed E-state index contributed by atoms with van der Waals surface area (Å²) in [5, 5.41) is 0. The molecule has 0 aliphatic carbocycles. The smallest absolute Gasteiger partial charge is 0.414 e. The molecule has 0 radical (unpaired) electrons. The Bertz CT molecular complexity index is 825. The van der Waals surface area contributed by atoms with Gasteiger partial charge in [-0.25, -0.2) is 13.6 Å². The minimum atomic E-state index is -0.814. The molecule has 0 saturated carbocycles. The quantitative estimate of drug-likeness (QED) is 0.684. The van der Waals surface area contributed by atoms with Gasteiger partial charge in [-0.15, -0.1) is 0 Å². The van der Waals surface area contributed by atoms with Crippen molar-refractivity contribution in [3.8, 4) is 0 Å². The summed E-state index contributed by atoms with van der Waals surface area (Å²) in [7, 11) is -0.814. The average molecular weight is 414 g/mol. The molecule has 1 amide bonds. The average Bonchev–Trinajstić information content (AvgIpc) is 2.96. The van der Waals surface area contributed by atoms with Crippen molar-refractivity contribution in [1.29, 1.82) is 0 Å². The molecule has 1 spiro atoms. The topological polar surface area (TPSA) is 76.2 Å². The molecule has 7 nitrogen and oxygen atoms in total. The molecule has 0 aromatic heterocycles. The Hall–Kier alpha value is -2.23. The Kier molecular flexibility index (Phi) is 4.76. The second kappa shape index (κ2) is 6.98. The monoisotopic (exact) mass is 414 g/mol. The van der Waals surface area contributed by atoms with Crippen molar-refractivity contribution in [2.24, 2.45) is 5.41 Å². The molecule has 3 fully saturated rings. The summed E-state index contributed by atoms with van der Waals surface area (Å²) in [5.41, 5.74) is -0.161. The molecule has 0 N–H and O–H groups in total. The Morgan fingerprint density at radius 3 is 2.54 bits per heavy atom. The highest BCUT2D eigenvalue weighted by atomic mass is 32.2. The summed E-state index contributed by atoms with van der Waals surface area (Å²) in [5.74, 6) is -0.792. The molecular formula is C18H20F2N2O5S. The van der Waals surface area contributed by atoms with Gasteiger partial charge in [0.05, 0.1) is 12.2 Å². The summed E-state index contributed by atoms with van der Waals surface area (Å²) < 4.78 is 50.6. The Morgan fingerprint density at radius 1 is 1.32 bits per heavy atom. The minimum absolute atomic E-state index is 0.0344. The lowest BCUT2D eigenvalue weighted by molar-refractivity contribution is -0.145. The summed E-state index contributed by atoms with van der Waals surface area (Å²) in [6, 6.07) is 2.20. The van der Waals surface area contributed by atoms with Gasteiger partial charge < -0.3 is 14.4 Å². The van der Waals surface area contributed by atoms with Crippen molar-refractivity contribution >= 4 is 34.2 Å². The van der Waals surface area contributed by atoms with Crippen molar-refractivity contribution < 1.29 is 32.1 Å². The van der Waals surface area contributed by atoms with E-state index in [1.54, 1.807) is 11.8 Å². The number of anilines is 2. The highest BCUT2D eigenvalue weighted by Crippen LogP contribution is 2.44. The molecule has 3 aliphatic rings. The fraction of sp³-hybridized carbons (Fsp3) is 0.556. The summed E-state index contributed by atoms with van der Waals surface area (Å²) in [6.07, 6.45) is -1.23. The first kappa shape index (κ1) is 19.1. The van der Waals surface area contributed by atoms with E-state index in [1.807, 2.05) is 0 Å². The molecule has 152 valence electrons. The molecule has 10 heteroatoms. The van der Waals surface area contributed by atoms with Gasteiger partial charge in [0, 0.05) is 59.4 Å². The molecular weight excluding hydrogens is 394 g/mol. The zero-order valence-corrected chi connectivity index (χ0v) is 16.1. The van der Waals surface area contributed by atoms with Crippen LogP contribution in [0.5, 0.6) is 0 Å². The lowest BCUT2D eigenvalue weighted by Crippen LogP contribution is -2.67. The molecule has 3 heterocycles. The van der Waals surface area contributed by atoms with Crippen molar-refractivity contribution in [1.82, 2.24) is 0 Å². The predicted molar refractivity (Wildman–Crippen MR) is 97.7 cm³/mol. The predicted octanol–water partition coefficient (Wildman–Crippen LogP) is 1.81. The Labute approximate surface area is 163 Å². The van der Waals surface area contributed by atoms with E-state index in [9.17, 15) is 22.6 Å². The number of cyclic esters (lactones) is 1. The van der Waals surface area contributed by atoms with Crippen LogP contribution in [0.15, 0.2) is 12.1 Å². The summed E-state index contributed by atoms with van der Waals surface area (Å²) in [4.78, 5) is 26.0. The van der Waals surface area contributed by atoms with E-state index in [0.29, 0.717) is 24.6 Å². The minimum Gasteiger partial charge on any atom is -0.462 e. The van der Waals surface area contributed by atoms with E-state index in [0.717, 1.165) is 17.0 Å². The summed E-state index contributed by atoms with van der Waals surface area (Å²) >= 11 is 0. The number of carbonyl (C=O) groups is 2. The van der Waals surface area contributed by atoms with Crippen LogP contribution in [0.1, 0.15) is 13.3 Å². The molecule has 0 bridgehead atoms. The SMILES string of the molecule is CCC(=O)OC[C@H]1CN(c2cc(F)c(N3CC4(C3)CS(=O)C4)c(F)c2)C(=O)O1. The molecule has 3 aliphatic heterocycles. The zero-order chi connectivity index (χ0) is 20.1. The van der Waals surface area contributed by atoms with Gasteiger partial charge in [-0.3, -0.25) is 13.9 Å². The van der Waals surface area contributed by atoms with E-state index in [-0.39, 0.29) is 36.4 Å². The fourth-order valence-electron chi connectivity index (χ4n) is 3.86. The van der Waals surface area contributed by atoms with E-state index < -0.39 is 40.6 Å². The van der Waals surface area contributed by atoms with Gasteiger partial charge >= 0.3 is 12.1 Å². The molecule has 1 atom stereocenters. The fourth-order valence-corrected chi connectivity index (χ4v) is 5.51. The number of carbonyl (C=O) groups excluding carboxylic acids is 2. The molecule has 28 heavy (non-hydrogen) atoms. The second-order valence-electron chi connectivity index (χ2n) is 7.50. The Morgan fingerprint density at radius 2 is 1.96 bits per heavy atom. The third-order valence-electron chi connectivity index (χ3n) is 5.21. The van der Waals surface area contributed by atoms with Crippen LogP contribution in [0.2, 0.25) is 0 Å². The third-order valence-corrected chi connectivity index (χ3v) is 7.08. The van der Waals surface area contributed by atoms with E-state index >= 15 is 0 Å². The molecule has 3 saturated heterocycles. The van der Waals surface area contributed by atoms with Crippen LogP contribution >= 0.6 is 0 Å². The number of benzene rings is 1. The maximum absolute atomic E-state index is 14.6. The molecule has 1 aromatic carbocycles. The van der Waals surface area contributed by atoms with Crippen LogP contribution in [0.4, 0.5) is 25.0 Å². The van der Waals surface area contributed by atoms with Gasteiger partial charge in [0.1, 0.15) is 12.3 Å².